The molecule has 7 rings (SSSR count). The highest BCUT2D eigenvalue weighted by molar-refractivity contribution is 5.82. The van der Waals surface area contributed by atoms with Gasteiger partial charge in [0.2, 0.25) is 0 Å². The van der Waals surface area contributed by atoms with E-state index in [1.165, 1.54) is 27.8 Å². The molecule has 0 radical (unpaired) electrons. The molecule has 3 aromatic carbocycles. The Balaban J connectivity index is 0.995. The zero-order chi connectivity index (χ0) is 30.8. The van der Waals surface area contributed by atoms with Crippen molar-refractivity contribution in [2.75, 3.05) is 19.6 Å². The van der Waals surface area contributed by atoms with Crippen molar-refractivity contribution in [3.05, 3.63) is 130 Å². The maximum Gasteiger partial charge on any atom is 0.309 e. The van der Waals surface area contributed by atoms with Crippen molar-refractivity contribution >= 4 is 22.4 Å². The number of carboxylic acid groups (broad SMARTS) is 1. The largest absolute Gasteiger partial charge is 0.487 e. The van der Waals surface area contributed by atoms with Crippen LogP contribution in [-0.4, -0.2) is 50.1 Å². The molecular weight excluding hydrogens is 560 g/mol. The number of hydrogen-bond donors (Lipinski definition) is 1. The van der Waals surface area contributed by atoms with E-state index in [0.29, 0.717) is 6.61 Å². The zero-order valence-corrected chi connectivity index (χ0v) is 25.7. The molecule has 7 heteroatoms. The van der Waals surface area contributed by atoms with Crippen molar-refractivity contribution in [2.24, 2.45) is 0 Å². The number of carboxylic acids is 1. The lowest BCUT2D eigenvalue weighted by atomic mass is 9.90. The number of likely N-dealkylation sites (tertiary alicyclic amines) is 1. The zero-order valence-electron chi connectivity index (χ0n) is 25.7. The van der Waals surface area contributed by atoms with Crippen LogP contribution in [0.15, 0.2) is 90.5 Å². The average molecular weight is 599 g/mol. The lowest BCUT2D eigenvalue weighted by Crippen LogP contribution is -2.33. The molecule has 0 amide bonds. The van der Waals surface area contributed by atoms with E-state index in [0.717, 1.165) is 91.4 Å². The van der Waals surface area contributed by atoms with Crippen molar-refractivity contribution in [2.45, 2.75) is 52.2 Å². The highest BCUT2D eigenvalue weighted by Crippen LogP contribution is 2.37. The lowest BCUT2D eigenvalue weighted by molar-refractivity contribution is -0.136. The van der Waals surface area contributed by atoms with Crippen LogP contribution in [0.5, 0.6) is 5.75 Å². The van der Waals surface area contributed by atoms with Crippen LogP contribution in [0.25, 0.3) is 16.5 Å². The van der Waals surface area contributed by atoms with Gasteiger partial charge in [0.05, 0.1) is 29.0 Å². The number of hydrogen-bond acceptors (Lipinski definition) is 5. The monoisotopic (exact) mass is 598 g/mol. The minimum Gasteiger partial charge on any atom is -0.487 e. The Morgan fingerprint density at radius 3 is 2.47 bits per heavy atom. The minimum atomic E-state index is -0.814. The van der Waals surface area contributed by atoms with Gasteiger partial charge in [-0.15, -0.1) is 0 Å². The molecule has 1 N–H and O–H groups in total. The normalized spacial score (nSPS) is 15.0. The molecule has 2 aliphatic heterocycles. The third-order valence-electron chi connectivity index (χ3n) is 9.20. The van der Waals surface area contributed by atoms with Crippen LogP contribution in [0.2, 0.25) is 0 Å². The van der Waals surface area contributed by atoms with Gasteiger partial charge >= 0.3 is 5.97 Å². The Morgan fingerprint density at radius 2 is 1.64 bits per heavy atom. The third kappa shape index (κ3) is 6.26. The SMILES string of the molecule is Cc1nc2n(c1CC(=O)O)CCc1ccccc1C2=C1CCN(CCc2ccc(OCc3ccc4ccccc4n3)cc2)CC1. The number of rotatable bonds is 8. The van der Waals surface area contributed by atoms with Gasteiger partial charge in [-0.2, -0.15) is 0 Å². The van der Waals surface area contributed by atoms with E-state index in [2.05, 4.69) is 70.1 Å². The molecule has 4 heterocycles. The predicted molar refractivity (Wildman–Crippen MR) is 176 cm³/mol. The number of pyridine rings is 1. The fourth-order valence-electron chi connectivity index (χ4n) is 6.77. The first kappa shape index (κ1) is 29.0. The van der Waals surface area contributed by atoms with Crippen LogP contribution < -0.4 is 4.74 Å². The Hall–Kier alpha value is -4.75. The summed E-state index contributed by atoms with van der Waals surface area (Å²) in [5, 5.41) is 10.7. The van der Waals surface area contributed by atoms with Crippen LogP contribution in [0, 0.1) is 6.92 Å². The third-order valence-corrected chi connectivity index (χ3v) is 9.20. The Bertz CT molecular complexity index is 1880. The van der Waals surface area contributed by atoms with Crippen molar-refractivity contribution in [1.29, 1.82) is 0 Å². The van der Waals surface area contributed by atoms with Gasteiger partial charge in [0.15, 0.2) is 0 Å². The number of aryl methyl sites for hydroxylation is 2. The molecule has 5 aromatic rings. The second-order valence-electron chi connectivity index (χ2n) is 12.1. The van der Waals surface area contributed by atoms with E-state index in [1.807, 2.05) is 31.2 Å². The number of aliphatic carboxylic acids is 1. The number of ether oxygens (including phenoxy) is 1. The van der Waals surface area contributed by atoms with Crippen LogP contribution in [-0.2, 0) is 37.2 Å². The number of piperidine rings is 1. The van der Waals surface area contributed by atoms with Crippen LogP contribution in [0.3, 0.4) is 0 Å². The number of benzene rings is 3. The molecule has 1 fully saturated rings. The average Bonchev–Trinajstić information content (AvgIpc) is 3.26. The molecule has 0 unspecified atom stereocenters. The molecular formula is C38H38N4O3. The van der Waals surface area contributed by atoms with Gasteiger partial charge in [-0.3, -0.25) is 4.79 Å². The standard InChI is InChI=1S/C38H38N4O3/c1-26-35(24-36(43)44)42-23-19-28-6-2-4-8-33(28)37(38(42)39-26)30-17-21-41(22-18-30)20-16-27-10-14-32(15-11-27)45-25-31-13-12-29-7-3-5-9-34(29)40-31/h2-15H,16-25H2,1H3,(H,43,44). The van der Waals surface area contributed by atoms with E-state index in [4.69, 9.17) is 14.7 Å². The minimum absolute atomic E-state index is 0.000329. The molecule has 0 aliphatic carbocycles. The first-order valence-corrected chi connectivity index (χ1v) is 15.9. The second kappa shape index (κ2) is 12.7. The number of para-hydroxylation sites is 1. The van der Waals surface area contributed by atoms with Crippen molar-refractivity contribution in [1.82, 2.24) is 19.4 Å². The number of carbonyl (C=O) groups is 1. The van der Waals surface area contributed by atoms with Gasteiger partial charge in [-0.1, -0.05) is 66.2 Å². The maximum atomic E-state index is 11.7. The quantitative estimate of drug-likeness (QED) is 0.216. The summed E-state index contributed by atoms with van der Waals surface area (Å²) in [5.74, 6) is 0.980. The number of aromatic nitrogens is 3. The van der Waals surface area contributed by atoms with Crippen LogP contribution >= 0.6 is 0 Å². The maximum absolute atomic E-state index is 11.7. The van der Waals surface area contributed by atoms with Gasteiger partial charge in [-0.25, -0.2) is 9.97 Å². The fraction of sp³-hybridized carbons (Fsp3) is 0.289. The number of fused-ring (bicyclic) bond motifs is 3. The predicted octanol–water partition coefficient (Wildman–Crippen LogP) is 6.64. The van der Waals surface area contributed by atoms with E-state index in [1.54, 1.807) is 0 Å². The van der Waals surface area contributed by atoms with Crippen LogP contribution in [0.4, 0.5) is 0 Å². The van der Waals surface area contributed by atoms with E-state index in [9.17, 15) is 9.90 Å². The number of nitrogens with zero attached hydrogens (tertiary/aromatic N) is 4. The molecule has 0 atom stereocenters. The Morgan fingerprint density at radius 1 is 0.867 bits per heavy atom. The van der Waals surface area contributed by atoms with Gasteiger partial charge in [-0.05, 0) is 73.6 Å². The topological polar surface area (TPSA) is 80.5 Å². The molecule has 0 spiro atoms. The van der Waals surface area contributed by atoms with Gasteiger partial charge < -0.3 is 19.3 Å². The smallest absolute Gasteiger partial charge is 0.309 e. The molecule has 228 valence electrons. The van der Waals surface area contributed by atoms with Gasteiger partial charge in [0.1, 0.15) is 18.2 Å². The lowest BCUT2D eigenvalue weighted by Gasteiger charge is -2.30. The first-order chi connectivity index (χ1) is 22.0. The van der Waals surface area contributed by atoms with E-state index < -0.39 is 5.97 Å². The molecule has 2 aliphatic rings. The summed E-state index contributed by atoms with van der Waals surface area (Å²) < 4.78 is 8.20. The summed E-state index contributed by atoms with van der Waals surface area (Å²) in [7, 11) is 0. The van der Waals surface area contributed by atoms with E-state index >= 15 is 0 Å². The summed E-state index contributed by atoms with van der Waals surface area (Å²) in [4.78, 5) is 23.9. The van der Waals surface area contributed by atoms with Crippen molar-refractivity contribution in [3.63, 3.8) is 0 Å². The van der Waals surface area contributed by atoms with Crippen LogP contribution in [0.1, 0.15) is 52.4 Å². The highest BCUT2D eigenvalue weighted by atomic mass is 16.5. The van der Waals surface area contributed by atoms with Gasteiger partial charge in [0, 0.05) is 37.1 Å². The highest BCUT2D eigenvalue weighted by Gasteiger charge is 2.28. The summed E-state index contributed by atoms with van der Waals surface area (Å²) in [6.07, 6.45) is 3.83. The molecule has 7 nitrogen and oxygen atoms in total. The summed E-state index contributed by atoms with van der Waals surface area (Å²) >= 11 is 0. The summed E-state index contributed by atoms with van der Waals surface area (Å²) in [6.45, 7) is 6.16. The van der Waals surface area contributed by atoms with Crippen molar-refractivity contribution in [3.8, 4) is 5.75 Å². The second-order valence-corrected chi connectivity index (χ2v) is 12.1. The summed E-state index contributed by atoms with van der Waals surface area (Å²) in [5.41, 5.74) is 10.1. The number of imidazole rings is 1. The Labute approximate surface area is 263 Å². The Kier molecular flexibility index (Phi) is 8.18. The van der Waals surface area contributed by atoms with E-state index in [-0.39, 0.29) is 6.42 Å². The van der Waals surface area contributed by atoms with Gasteiger partial charge in [0.25, 0.3) is 0 Å². The molecule has 0 saturated carbocycles. The molecule has 2 aromatic heterocycles. The molecule has 0 bridgehead atoms. The molecule has 45 heavy (non-hydrogen) atoms. The fourth-order valence-corrected chi connectivity index (χ4v) is 6.77. The molecule has 1 saturated heterocycles. The van der Waals surface area contributed by atoms with Crippen molar-refractivity contribution < 1.29 is 14.6 Å². The summed E-state index contributed by atoms with van der Waals surface area (Å²) in [6, 6.07) is 29.3. The first-order valence-electron chi connectivity index (χ1n) is 15.9.